The number of carbonyl (C=O) groups excluding carboxylic acids is 1. The third kappa shape index (κ3) is 4.44. The number of fused-ring (bicyclic) bond motifs is 1. The second kappa shape index (κ2) is 8.42. The molecule has 1 N–H and O–H groups in total. The molecule has 24 heavy (non-hydrogen) atoms. The van der Waals surface area contributed by atoms with Gasteiger partial charge in [0.2, 0.25) is 0 Å². The first-order chi connectivity index (χ1) is 11.8. The van der Waals surface area contributed by atoms with Gasteiger partial charge in [-0.3, -0.25) is 4.79 Å². The van der Waals surface area contributed by atoms with E-state index >= 15 is 0 Å². The van der Waals surface area contributed by atoms with Crippen LogP contribution < -0.4 is 5.32 Å². The topological polar surface area (TPSA) is 73.3 Å². The van der Waals surface area contributed by atoms with Crippen LogP contribution in [0.5, 0.6) is 0 Å². The van der Waals surface area contributed by atoms with Crippen LogP contribution in [0.4, 0.5) is 5.82 Å². The Balaban J connectivity index is 1.71. The van der Waals surface area contributed by atoms with Crippen molar-refractivity contribution in [3.05, 3.63) is 17.6 Å². The van der Waals surface area contributed by atoms with Crippen molar-refractivity contribution in [1.29, 1.82) is 0 Å². The van der Waals surface area contributed by atoms with Crippen LogP contribution in [-0.4, -0.2) is 35.7 Å². The molecular weight excluding hydrogens is 306 g/mol. The lowest BCUT2D eigenvalue weighted by molar-refractivity contribution is -0.140. The average molecular weight is 333 g/mol. The molecule has 6 heteroatoms. The summed E-state index contributed by atoms with van der Waals surface area (Å²) in [5.41, 5.74) is 2.08. The molecule has 0 bridgehead atoms. The summed E-state index contributed by atoms with van der Waals surface area (Å²) in [6.07, 6.45) is 10.2. The van der Waals surface area contributed by atoms with E-state index in [1.165, 1.54) is 39.2 Å². The molecule has 1 fully saturated rings. The van der Waals surface area contributed by atoms with E-state index in [1.54, 1.807) is 6.33 Å². The van der Waals surface area contributed by atoms with Crippen molar-refractivity contribution in [3.8, 4) is 0 Å². The number of anilines is 1. The Morgan fingerprint density at radius 3 is 3.00 bits per heavy atom. The number of nitrogens with zero attached hydrogens (tertiary/aromatic N) is 2. The molecule has 1 saturated carbocycles. The van der Waals surface area contributed by atoms with Gasteiger partial charge in [0.15, 0.2) is 0 Å². The molecule has 2 aliphatic rings. The van der Waals surface area contributed by atoms with Gasteiger partial charge < -0.3 is 14.8 Å². The molecule has 0 radical (unpaired) electrons. The Morgan fingerprint density at radius 2 is 2.21 bits per heavy atom. The van der Waals surface area contributed by atoms with Crippen LogP contribution in [0, 0.1) is 5.92 Å². The number of nitrogens with one attached hydrogen (secondary N) is 1. The van der Waals surface area contributed by atoms with Crippen molar-refractivity contribution in [2.24, 2.45) is 5.92 Å². The molecule has 1 atom stereocenters. The second-order valence-corrected chi connectivity index (χ2v) is 6.81. The maximum atomic E-state index is 11.8. The van der Waals surface area contributed by atoms with Gasteiger partial charge >= 0.3 is 5.97 Å². The SMILES string of the molecule is COC(=O)C[C@@H](CC1CCCCC1)Nc1ncnc2c1COCC2. The van der Waals surface area contributed by atoms with Gasteiger partial charge in [0, 0.05) is 18.0 Å². The number of carbonyl (C=O) groups is 1. The zero-order valence-electron chi connectivity index (χ0n) is 14.4. The first-order valence-corrected chi connectivity index (χ1v) is 9.00. The van der Waals surface area contributed by atoms with Gasteiger partial charge in [0.05, 0.1) is 32.4 Å². The fourth-order valence-corrected chi connectivity index (χ4v) is 3.78. The van der Waals surface area contributed by atoms with Crippen LogP contribution in [0.2, 0.25) is 0 Å². The number of hydrogen-bond donors (Lipinski definition) is 1. The van der Waals surface area contributed by atoms with Gasteiger partial charge in [-0.2, -0.15) is 0 Å². The zero-order valence-corrected chi connectivity index (χ0v) is 14.4. The van der Waals surface area contributed by atoms with Gasteiger partial charge in [-0.15, -0.1) is 0 Å². The number of rotatable bonds is 6. The van der Waals surface area contributed by atoms with Crippen LogP contribution in [-0.2, 0) is 27.3 Å². The Hall–Kier alpha value is -1.69. The van der Waals surface area contributed by atoms with E-state index in [1.807, 2.05) is 0 Å². The Kier molecular flexibility index (Phi) is 6.01. The number of aromatic nitrogens is 2. The molecule has 1 aromatic rings. The Labute approximate surface area is 143 Å². The standard InChI is InChI=1S/C18H27N3O3/c1-23-17(22)10-14(9-13-5-3-2-4-6-13)21-18-15-11-24-8-7-16(15)19-12-20-18/h12-14H,2-11H2,1H3,(H,19,20,21)/t14-/m1/s1. The highest BCUT2D eigenvalue weighted by Crippen LogP contribution is 2.30. The highest BCUT2D eigenvalue weighted by molar-refractivity contribution is 5.70. The Morgan fingerprint density at radius 1 is 1.38 bits per heavy atom. The normalized spacial score (nSPS) is 19.4. The second-order valence-electron chi connectivity index (χ2n) is 6.81. The van der Waals surface area contributed by atoms with E-state index in [9.17, 15) is 4.79 Å². The first-order valence-electron chi connectivity index (χ1n) is 9.00. The van der Waals surface area contributed by atoms with Gasteiger partial charge in [-0.25, -0.2) is 9.97 Å². The molecule has 1 aliphatic carbocycles. The molecule has 0 unspecified atom stereocenters. The fraction of sp³-hybridized carbons (Fsp3) is 0.722. The van der Waals surface area contributed by atoms with E-state index in [4.69, 9.17) is 9.47 Å². The smallest absolute Gasteiger partial charge is 0.307 e. The Bertz CT molecular complexity index is 558. The van der Waals surface area contributed by atoms with Crippen molar-refractivity contribution in [2.45, 2.75) is 64.0 Å². The van der Waals surface area contributed by atoms with Crippen molar-refractivity contribution in [1.82, 2.24) is 9.97 Å². The number of esters is 1. The first kappa shape index (κ1) is 17.1. The summed E-state index contributed by atoms with van der Waals surface area (Å²) in [6, 6.07) is 0.0430. The number of methoxy groups -OCH3 is 1. The molecule has 0 aromatic carbocycles. The molecule has 6 nitrogen and oxygen atoms in total. The summed E-state index contributed by atoms with van der Waals surface area (Å²) in [4.78, 5) is 20.6. The fourth-order valence-electron chi connectivity index (χ4n) is 3.78. The van der Waals surface area contributed by atoms with Crippen LogP contribution in [0.25, 0.3) is 0 Å². The minimum absolute atomic E-state index is 0.0430. The molecule has 132 valence electrons. The lowest BCUT2D eigenvalue weighted by Crippen LogP contribution is -2.29. The summed E-state index contributed by atoms with van der Waals surface area (Å²) in [5, 5.41) is 3.49. The summed E-state index contributed by atoms with van der Waals surface area (Å²) in [7, 11) is 1.44. The minimum atomic E-state index is -0.178. The van der Waals surface area contributed by atoms with E-state index < -0.39 is 0 Å². The van der Waals surface area contributed by atoms with Crippen LogP contribution in [0.1, 0.15) is 56.2 Å². The van der Waals surface area contributed by atoms with Gasteiger partial charge in [-0.1, -0.05) is 32.1 Å². The average Bonchev–Trinajstić information content (AvgIpc) is 2.62. The number of ether oxygens (including phenoxy) is 2. The van der Waals surface area contributed by atoms with E-state index in [0.29, 0.717) is 25.6 Å². The summed E-state index contributed by atoms with van der Waals surface area (Å²) >= 11 is 0. The maximum Gasteiger partial charge on any atom is 0.307 e. The minimum Gasteiger partial charge on any atom is -0.469 e. The summed E-state index contributed by atoms with van der Waals surface area (Å²) in [5.74, 6) is 1.31. The van der Waals surface area contributed by atoms with Gasteiger partial charge in [0.1, 0.15) is 12.1 Å². The van der Waals surface area contributed by atoms with E-state index in [-0.39, 0.29) is 12.0 Å². The largest absolute Gasteiger partial charge is 0.469 e. The van der Waals surface area contributed by atoms with Crippen molar-refractivity contribution in [2.75, 3.05) is 19.0 Å². The van der Waals surface area contributed by atoms with Crippen LogP contribution >= 0.6 is 0 Å². The highest BCUT2D eigenvalue weighted by atomic mass is 16.5. The third-order valence-corrected chi connectivity index (χ3v) is 5.09. The lowest BCUT2D eigenvalue weighted by Gasteiger charge is -2.28. The molecule has 1 aliphatic heterocycles. The van der Waals surface area contributed by atoms with E-state index in [2.05, 4.69) is 15.3 Å². The predicted molar refractivity (Wildman–Crippen MR) is 90.6 cm³/mol. The third-order valence-electron chi connectivity index (χ3n) is 5.09. The zero-order chi connectivity index (χ0) is 16.8. The maximum absolute atomic E-state index is 11.8. The molecular formula is C18H27N3O3. The van der Waals surface area contributed by atoms with Crippen molar-refractivity contribution in [3.63, 3.8) is 0 Å². The monoisotopic (exact) mass is 333 g/mol. The van der Waals surface area contributed by atoms with E-state index in [0.717, 1.165) is 29.9 Å². The quantitative estimate of drug-likeness (QED) is 0.807. The molecule has 1 aromatic heterocycles. The van der Waals surface area contributed by atoms with Crippen LogP contribution in [0.3, 0.4) is 0 Å². The van der Waals surface area contributed by atoms with Crippen molar-refractivity contribution < 1.29 is 14.3 Å². The molecule has 3 rings (SSSR count). The van der Waals surface area contributed by atoms with Gasteiger partial charge in [0.25, 0.3) is 0 Å². The van der Waals surface area contributed by atoms with Gasteiger partial charge in [-0.05, 0) is 12.3 Å². The summed E-state index contributed by atoms with van der Waals surface area (Å²) in [6.45, 7) is 1.24. The lowest BCUT2D eigenvalue weighted by atomic mass is 9.84. The van der Waals surface area contributed by atoms with Crippen LogP contribution in [0.15, 0.2) is 6.33 Å². The molecule has 2 heterocycles. The molecule has 0 spiro atoms. The van der Waals surface area contributed by atoms with Crippen molar-refractivity contribution >= 4 is 11.8 Å². The number of hydrogen-bond acceptors (Lipinski definition) is 6. The summed E-state index contributed by atoms with van der Waals surface area (Å²) < 4.78 is 10.4. The molecule has 0 saturated heterocycles. The highest BCUT2D eigenvalue weighted by Gasteiger charge is 2.24. The molecule has 0 amide bonds. The predicted octanol–water partition coefficient (Wildman–Crippen LogP) is 2.86.